The van der Waals surface area contributed by atoms with Gasteiger partial charge in [0, 0.05) is 24.4 Å². The van der Waals surface area contributed by atoms with Crippen LogP contribution in [0.5, 0.6) is 0 Å². The van der Waals surface area contributed by atoms with Crippen molar-refractivity contribution in [1.82, 2.24) is 10.4 Å². The molecule has 2 unspecified atom stereocenters. The number of fused-ring (bicyclic) bond motifs is 1. The first-order valence-electron chi connectivity index (χ1n) is 6.31. The van der Waals surface area contributed by atoms with Crippen LogP contribution in [0, 0.1) is 0 Å². The van der Waals surface area contributed by atoms with Gasteiger partial charge in [-0.05, 0) is 41.7 Å². The third-order valence-electron chi connectivity index (χ3n) is 3.80. The van der Waals surface area contributed by atoms with Crippen LogP contribution in [0.3, 0.4) is 0 Å². The highest BCUT2D eigenvalue weighted by molar-refractivity contribution is 5.41. The Morgan fingerprint density at radius 2 is 2.00 bits per heavy atom. The Morgan fingerprint density at radius 1 is 1.22 bits per heavy atom. The van der Waals surface area contributed by atoms with Gasteiger partial charge < -0.3 is 0 Å². The second-order valence-corrected chi connectivity index (χ2v) is 4.84. The fraction of sp³-hybridized carbons (Fsp3) is 0.267. The highest BCUT2D eigenvalue weighted by Crippen LogP contribution is 2.37. The SMILES string of the molecule is NNC(Cc1ccncc1)C1Cc2ccccc21. The van der Waals surface area contributed by atoms with Crippen LogP contribution in [-0.2, 0) is 12.8 Å². The van der Waals surface area contributed by atoms with Crippen LogP contribution in [0.2, 0.25) is 0 Å². The molecule has 0 bridgehead atoms. The molecule has 1 aromatic carbocycles. The largest absolute Gasteiger partial charge is 0.271 e. The number of benzene rings is 1. The van der Waals surface area contributed by atoms with Crippen molar-refractivity contribution in [3.8, 4) is 0 Å². The molecule has 0 saturated carbocycles. The normalized spacial score (nSPS) is 18.8. The van der Waals surface area contributed by atoms with E-state index in [0.717, 1.165) is 12.8 Å². The van der Waals surface area contributed by atoms with E-state index in [-0.39, 0.29) is 0 Å². The summed E-state index contributed by atoms with van der Waals surface area (Å²) in [6.07, 6.45) is 5.73. The first-order valence-corrected chi connectivity index (χ1v) is 6.31. The summed E-state index contributed by atoms with van der Waals surface area (Å²) in [5.41, 5.74) is 7.14. The Bertz CT molecular complexity index is 524. The van der Waals surface area contributed by atoms with Crippen molar-refractivity contribution < 1.29 is 0 Å². The zero-order valence-corrected chi connectivity index (χ0v) is 10.2. The highest BCUT2D eigenvalue weighted by atomic mass is 15.2. The maximum atomic E-state index is 5.72. The summed E-state index contributed by atoms with van der Waals surface area (Å²) in [6, 6.07) is 13.0. The monoisotopic (exact) mass is 239 g/mol. The Hall–Kier alpha value is -1.71. The number of hydrazine groups is 1. The Morgan fingerprint density at radius 3 is 2.72 bits per heavy atom. The van der Waals surface area contributed by atoms with Crippen molar-refractivity contribution in [1.29, 1.82) is 0 Å². The number of nitrogens with one attached hydrogen (secondary N) is 1. The second-order valence-electron chi connectivity index (χ2n) is 4.84. The smallest absolute Gasteiger partial charge is 0.0322 e. The minimum Gasteiger partial charge on any atom is -0.271 e. The van der Waals surface area contributed by atoms with E-state index in [0.29, 0.717) is 12.0 Å². The molecule has 3 nitrogen and oxygen atoms in total. The lowest BCUT2D eigenvalue weighted by atomic mass is 9.72. The summed E-state index contributed by atoms with van der Waals surface area (Å²) in [5, 5.41) is 0. The molecule has 3 heteroatoms. The van der Waals surface area contributed by atoms with Gasteiger partial charge in [0.15, 0.2) is 0 Å². The lowest BCUT2D eigenvalue weighted by Gasteiger charge is -2.36. The first kappa shape index (κ1) is 11.4. The van der Waals surface area contributed by atoms with Crippen LogP contribution in [0.1, 0.15) is 22.6 Å². The van der Waals surface area contributed by atoms with E-state index in [2.05, 4.69) is 46.8 Å². The third-order valence-corrected chi connectivity index (χ3v) is 3.80. The molecule has 0 amide bonds. The zero-order valence-electron chi connectivity index (χ0n) is 10.2. The Balaban J connectivity index is 1.75. The molecule has 2 atom stereocenters. The lowest BCUT2D eigenvalue weighted by Crippen LogP contribution is -2.45. The minimum atomic E-state index is 0.294. The lowest BCUT2D eigenvalue weighted by molar-refractivity contribution is 0.404. The molecule has 0 spiro atoms. The molecule has 1 aliphatic rings. The number of hydrogen-bond acceptors (Lipinski definition) is 3. The molecule has 92 valence electrons. The Labute approximate surface area is 107 Å². The van der Waals surface area contributed by atoms with Crippen LogP contribution in [0.4, 0.5) is 0 Å². The van der Waals surface area contributed by atoms with E-state index in [9.17, 15) is 0 Å². The summed E-state index contributed by atoms with van der Waals surface area (Å²) < 4.78 is 0. The summed E-state index contributed by atoms with van der Waals surface area (Å²) in [6.45, 7) is 0. The number of rotatable bonds is 4. The van der Waals surface area contributed by atoms with Crippen molar-refractivity contribution >= 4 is 0 Å². The fourth-order valence-electron chi connectivity index (χ4n) is 2.75. The first-order chi connectivity index (χ1) is 8.88. The second kappa shape index (κ2) is 4.88. The molecule has 0 aliphatic heterocycles. The molecule has 0 fully saturated rings. The van der Waals surface area contributed by atoms with Gasteiger partial charge in [-0.25, -0.2) is 0 Å². The van der Waals surface area contributed by atoms with Crippen LogP contribution in [0.25, 0.3) is 0 Å². The maximum absolute atomic E-state index is 5.72. The predicted octanol–water partition coefficient (Wildman–Crippen LogP) is 1.80. The molecule has 1 aliphatic carbocycles. The predicted molar refractivity (Wildman–Crippen MR) is 71.9 cm³/mol. The van der Waals surface area contributed by atoms with Gasteiger partial charge in [-0.2, -0.15) is 0 Å². The number of nitrogens with zero attached hydrogens (tertiary/aromatic N) is 1. The topological polar surface area (TPSA) is 50.9 Å². The van der Waals surface area contributed by atoms with Crippen molar-refractivity contribution in [2.24, 2.45) is 5.84 Å². The molecule has 3 rings (SSSR count). The van der Waals surface area contributed by atoms with Gasteiger partial charge in [0.05, 0.1) is 0 Å². The van der Waals surface area contributed by atoms with Crippen LogP contribution < -0.4 is 11.3 Å². The van der Waals surface area contributed by atoms with Crippen molar-refractivity contribution in [2.45, 2.75) is 24.8 Å². The van der Waals surface area contributed by atoms with Crippen LogP contribution in [-0.4, -0.2) is 11.0 Å². The molecule has 0 saturated heterocycles. The van der Waals surface area contributed by atoms with Gasteiger partial charge in [0.25, 0.3) is 0 Å². The summed E-state index contributed by atoms with van der Waals surface area (Å²) in [4.78, 5) is 4.04. The van der Waals surface area contributed by atoms with Gasteiger partial charge >= 0.3 is 0 Å². The Kier molecular flexibility index (Phi) is 3.09. The minimum absolute atomic E-state index is 0.294. The van der Waals surface area contributed by atoms with Gasteiger partial charge in [-0.1, -0.05) is 24.3 Å². The van der Waals surface area contributed by atoms with Crippen LogP contribution >= 0.6 is 0 Å². The molecule has 0 radical (unpaired) electrons. The van der Waals surface area contributed by atoms with E-state index in [1.54, 1.807) is 0 Å². The molecular weight excluding hydrogens is 222 g/mol. The van der Waals surface area contributed by atoms with Crippen LogP contribution in [0.15, 0.2) is 48.8 Å². The molecule has 3 N–H and O–H groups in total. The molecule has 18 heavy (non-hydrogen) atoms. The molecule has 1 aromatic heterocycles. The molecule has 2 aromatic rings. The van der Waals surface area contributed by atoms with Crippen molar-refractivity contribution in [2.75, 3.05) is 0 Å². The summed E-state index contributed by atoms with van der Waals surface area (Å²) >= 11 is 0. The zero-order chi connectivity index (χ0) is 12.4. The van der Waals surface area contributed by atoms with E-state index in [1.165, 1.54) is 16.7 Å². The average Bonchev–Trinajstić information content (AvgIpc) is 2.40. The van der Waals surface area contributed by atoms with Gasteiger partial charge in [-0.3, -0.25) is 16.3 Å². The maximum Gasteiger partial charge on any atom is 0.0322 e. The van der Waals surface area contributed by atoms with E-state index < -0.39 is 0 Å². The number of hydrogen-bond donors (Lipinski definition) is 2. The highest BCUT2D eigenvalue weighted by Gasteiger charge is 2.32. The van der Waals surface area contributed by atoms with E-state index in [4.69, 9.17) is 5.84 Å². The van der Waals surface area contributed by atoms with Gasteiger partial charge in [-0.15, -0.1) is 0 Å². The van der Waals surface area contributed by atoms with E-state index >= 15 is 0 Å². The average molecular weight is 239 g/mol. The summed E-state index contributed by atoms with van der Waals surface area (Å²) in [5.74, 6) is 6.25. The standard InChI is InChI=1S/C15H17N3/c16-18-15(9-11-5-7-17-8-6-11)14-10-12-3-1-2-4-13(12)14/h1-8,14-15,18H,9-10,16H2. The van der Waals surface area contributed by atoms with E-state index in [1.807, 2.05) is 12.4 Å². The summed E-state index contributed by atoms with van der Waals surface area (Å²) in [7, 11) is 0. The molecular formula is C15H17N3. The third kappa shape index (κ3) is 2.03. The molecule has 1 heterocycles. The number of aromatic nitrogens is 1. The van der Waals surface area contributed by atoms with Gasteiger partial charge in [0.1, 0.15) is 0 Å². The van der Waals surface area contributed by atoms with Gasteiger partial charge in [0.2, 0.25) is 0 Å². The number of pyridine rings is 1. The quantitative estimate of drug-likeness (QED) is 0.632. The van der Waals surface area contributed by atoms with Crippen molar-refractivity contribution in [3.63, 3.8) is 0 Å². The number of nitrogens with two attached hydrogens (primary N) is 1. The fourth-order valence-corrected chi connectivity index (χ4v) is 2.75. The van der Waals surface area contributed by atoms with Crippen molar-refractivity contribution in [3.05, 3.63) is 65.5 Å².